The zero-order valence-electron chi connectivity index (χ0n) is 16.8. The van der Waals surface area contributed by atoms with Crippen LogP contribution in [0.5, 0.6) is 5.75 Å². The second-order valence-corrected chi connectivity index (χ2v) is 8.17. The molecule has 2 aliphatic rings. The largest absolute Gasteiger partial charge is 0.494 e. The van der Waals surface area contributed by atoms with E-state index in [1.54, 1.807) is 0 Å². The van der Waals surface area contributed by atoms with Gasteiger partial charge in [-0.1, -0.05) is 18.6 Å². The van der Waals surface area contributed by atoms with Crippen LogP contribution < -0.4 is 4.74 Å². The first-order valence-electron chi connectivity index (χ1n) is 10.7. The number of imidazole rings is 1. The maximum absolute atomic E-state index is 12.9. The van der Waals surface area contributed by atoms with E-state index in [9.17, 15) is 4.79 Å². The maximum Gasteiger partial charge on any atom is 0.227 e. The normalized spacial score (nSPS) is 20.0. The summed E-state index contributed by atoms with van der Waals surface area (Å²) in [5.74, 6) is 3.41. The van der Waals surface area contributed by atoms with E-state index in [1.807, 2.05) is 42.3 Å². The molecule has 1 aromatic carbocycles. The van der Waals surface area contributed by atoms with Gasteiger partial charge in [0.25, 0.3) is 0 Å². The second-order valence-electron chi connectivity index (χ2n) is 8.17. The van der Waals surface area contributed by atoms with Crippen molar-refractivity contribution in [1.29, 1.82) is 0 Å². The molecule has 0 bridgehead atoms. The van der Waals surface area contributed by atoms with Crippen molar-refractivity contribution in [3.05, 3.63) is 48.0 Å². The number of amides is 1. The van der Waals surface area contributed by atoms with Crippen LogP contribution in [0.4, 0.5) is 0 Å². The molecule has 1 amide bonds. The van der Waals surface area contributed by atoms with Crippen LogP contribution in [0.15, 0.2) is 36.7 Å². The summed E-state index contributed by atoms with van der Waals surface area (Å²) in [4.78, 5) is 19.6. The fourth-order valence-electron chi connectivity index (χ4n) is 4.36. The SMILES string of the molecule is CCOc1ccc(CC(=O)N2CCC[C@@H](c3nccn3CC3CCC3)C2)cc1. The Morgan fingerprint density at radius 2 is 2.00 bits per heavy atom. The molecule has 1 saturated heterocycles. The van der Waals surface area contributed by atoms with Crippen LogP contribution >= 0.6 is 0 Å². The number of carbonyl (C=O) groups is 1. The molecule has 2 heterocycles. The van der Waals surface area contributed by atoms with Gasteiger partial charge < -0.3 is 14.2 Å². The third kappa shape index (κ3) is 4.40. The molecule has 2 fully saturated rings. The summed E-state index contributed by atoms with van der Waals surface area (Å²) >= 11 is 0. The Bertz CT molecular complexity index is 779. The number of benzene rings is 1. The highest BCUT2D eigenvalue weighted by Crippen LogP contribution is 2.31. The summed E-state index contributed by atoms with van der Waals surface area (Å²) in [6, 6.07) is 7.88. The van der Waals surface area contributed by atoms with Gasteiger partial charge in [0.05, 0.1) is 13.0 Å². The first kappa shape index (κ1) is 19.0. The molecule has 2 aromatic rings. The van der Waals surface area contributed by atoms with Gasteiger partial charge in [0.15, 0.2) is 0 Å². The van der Waals surface area contributed by atoms with E-state index in [0.717, 1.165) is 49.7 Å². The van der Waals surface area contributed by atoms with Crippen LogP contribution in [0.25, 0.3) is 0 Å². The van der Waals surface area contributed by atoms with Crippen molar-refractivity contribution in [3.63, 3.8) is 0 Å². The lowest BCUT2D eigenvalue weighted by Gasteiger charge is -2.34. The first-order chi connectivity index (χ1) is 13.7. The van der Waals surface area contributed by atoms with Crippen LogP contribution in [-0.4, -0.2) is 40.1 Å². The van der Waals surface area contributed by atoms with Gasteiger partial charge in [-0.05, 0) is 56.2 Å². The van der Waals surface area contributed by atoms with Crippen LogP contribution in [0.1, 0.15) is 56.3 Å². The molecular formula is C23H31N3O2. The summed E-state index contributed by atoms with van der Waals surface area (Å²) in [6.07, 6.45) is 10.7. The van der Waals surface area contributed by atoms with E-state index in [2.05, 4.69) is 15.7 Å². The number of hydrogen-bond acceptors (Lipinski definition) is 3. The number of nitrogens with zero attached hydrogens (tertiary/aromatic N) is 3. The highest BCUT2D eigenvalue weighted by Gasteiger charge is 2.28. The highest BCUT2D eigenvalue weighted by molar-refractivity contribution is 5.79. The van der Waals surface area contributed by atoms with Gasteiger partial charge in [0.1, 0.15) is 11.6 Å². The Kier molecular flexibility index (Phi) is 5.98. The molecular weight excluding hydrogens is 350 g/mol. The molecule has 5 heteroatoms. The van der Waals surface area contributed by atoms with Crippen molar-refractivity contribution >= 4 is 5.91 Å². The van der Waals surface area contributed by atoms with E-state index in [-0.39, 0.29) is 5.91 Å². The van der Waals surface area contributed by atoms with E-state index in [0.29, 0.717) is 18.9 Å². The third-order valence-electron chi connectivity index (χ3n) is 6.16. The molecule has 1 saturated carbocycles. The molecule has 4 rings (SSSR count). The number of aromatic nitrogens is 2. The third-order valence-corrected chi connectivity index (χ3v) is 6.16. The summed E-state index contributed by atoms with van der Waals surface area (Å²) in [7, 11) is 0. The first-order valence-corrected chi connectivity index (χ1v) is 10.7. The average Bonchev–Trinajstić information content (AvgIpc) is 3.15. The van der Waals surface area contributed by atoms with Crippen molar-refractivity contribution in [2.24, 2.45) is 5.92 Å². The summed E-state index contributed by atoms with van der Waals surface area (Å²) in [6.45, 7) is 5.37. The van der Waals surface area contributed by atoms with Gasteiger partial charge >= 0.3 is 0 Å². The molecule has 5 nitrogen and oxygen atoms in total. The van der Waals surface area contributed by atoms with Gasteiger partial charge in [-0.3, -0.25) is 4.79 Å². The van der Waals surface area contributed by atoms with Gasteiger partial charge in [0, 0.05) is 37.9 Å². The number of likely N-dealkylation sites (tertiary alicyclic amines) is 1. The molecule has 28 heavy (non-hydrogen) atoms. The number of carbonyl (C=O) groups excluding carboxylic acids is 1. The van der Waals surface area contributed by atoms with E-state index >= 15 is 0 Å². The molecule has 1 aromatic heterocycles. The smallest absolute Gasteiger partial charge is 0.227 e. The molecule has 0 unspecified atom stereocenters. The monoisotopic (exact) mass is 381 g/mol. The number of hydrogen-bond donors (Lipinski definition) is 0. The molecule has 0 spiro atoms. The number of rotatable bonds is 7. The van der Waals surface area contributed by atoms with Gasteiger partial charge in [-0.15, -0.1) is 0 Å². The van der Waals surface area contributed by atoms with Crippen molar-refractivity contribution in [3.8, 4) is 5.75 Å². The number of piperidine rings is 1. The zero-order valence-corrected chi connectivity index (χ0v) is 16.8. The van der Waals surface area contributed by atoms with Crippen molar-refractivity contribution < 1.29 is 9.53 Å². The Morgan fingerprint density at radius 1 is 1.18 bits per heavy atom. The fraction of sp³-hybridized carbons (Fsp3) is 0.565. The lowest BCUT2D eigenvalue weighted by Crippen LogP contribution is -2.40. The topological polar surface area (TPSA) is 47.4 Å². The van der Waals surface area contributed by atoms with Crippen LogP contribution in [0.2, 0.25) is 0 Å². The van der Waals surface area contributed by atoms with E-state index in [4.69, 9.17) is 4.74 Å². The minimum absolute atomic E-state index is 0.214. The second kappa shape index (κ2) is 8.80. The molecule has 0 radical (unpaired) electrons. The van der Waals surface area contributed by atoms with Gasteiger partial charge in [0.2, 0.25) is 5.91 Å². The molecule has 1 aliphatic carbocycles. The Morgan fingerprint density at radius 3 is 2.71 bits per heavy atom. The van der Waals surface area contributed by atoms with Crippen LogP contribution in [0, 0.1) is 5.92 Å². The Balaban J connectivity index is 1.36. The lowest BCUT2D eigenvalue weighted by atomic mass is 9.85. The molecule has 150 valence electrons. The summed E-state index contributed by atoms with van der Waals surface area (Å²) in [5.41, 5.74) is 1.04. The van der Waals surface area contributed by atoms with Gasteiger partial charge in [-0.2, -0.15) is 0 Å². The standard InChI is InChI=1S/C23H31N3O2/c1-2-28-21-10-8-18(9-11-21)15-22(27)25-13-4-7-20(17-25)23-24-12-14-26(23)16-19-5-3-6-19/h8-12,14,19-20H,2-7,13,15-17H2,1H3/t20-/m1/s1. The quantitative estimate of drug-likeness (QED) is 0.727. The minimum Gasteiger partial charge on any atom is -0.494 e. The van der Waals surface area contributed by atoms with Crippen LogP contribution in [-0.2, 0) is 17.8 Å². The van der Waals surface area contributed by atoms with Crippen molar-refractivity contribution in [1.82, 2.24) is 14.5 Å². The predicted molar refractivity (Wildman–Crippen MR) is 109 cm³/mol. The molecule has 1 atom stereocenters. The van der Waals surface area contributed by atoms with E-state index in [1.165, 1.54) is 25.1 Å². The summed E-state index contributed by atoms with van der Waals surface area (Å²) < 4.78 is 7.83. The Hall–Kier alpha value is -2.30. The average molecular weight is 382 g/mol. The van der Waals surface area contributed by atoms with Crippen molar-refractivity contribution in [2.75, 3.05) is 19.7 Å². The fourth-order valence-corrected chi connectivity index (χ4v) is 4.36. The van der Waals surface area contributed by atoms with E-state index < -0.39 is 0 Å². The predicted octanol–water partition coefficient (Wildman–Crippen LogP) is 4.03. The zero-order chi connectivity index (χ0) is 19.3. The maximum atomic E-state index is 12.9. The van der Waals surface area contributed by atoms with Crippen molar-refractivity contribution in [2.45, 2.75) is 57.9 Å². The lowest BCUT2D eigenvalue weighted by molar-refractivity contribution is -0.131. The Labute approximate surface area is 167 Å². The van der Waals surface area contributed by atoms with Crippen LogP contribution in [0.3, 0.4) is 0 Å². The number of ether oxygens (including phenoxy) is 1. The highest BCUT2D eigenvalue weighted by atomic mass is 16.5. The molecule has 0 N–H and O–H groups in total. The molecule has 1 aliphatic heterocycles. The summed E-state index contributed by atoms with van der Waals surface area (Å²) in [5, 5.41) is 0. The minimum atomic E-state index is 0.214. The van der Waals surface area contributed by atoms with Gasteiger partial charge in [-0.25, -0.2) is 4.98 Å².